The van der Waals surface area contributed by atoms with Gasteiger partial charge in [-0.1, -0.05) is 0 Å². The molecule has 1 saturated heterocycles. The maximum atomic E-state index is 14.5. The number of aromatic nitrogens is 3. The molecule has 3 aromatic rings. The quantitative estimate of drug-likeness (QED) is 0.510. The average molecular weight is 433 g/mol. The predicted octanol–water partition coefficient (Wildman–Crippen LogP) is 3.51. The summed E-state index contributed by atoms with van der Waals surface area (Å²) in [7, 11) is 1.81. The fraction of sp³-hybridized carbons (Fsp3) is 0.375. The third kappa shape index (κ3) is 3.01. The van der Waals surface area contributed by atoms with Gasteiger partial charge in [0.25, 0.3) is 0 Å². The number of fused-ring (bicyclic) bond motifs is 4. The highest BCUT2D eigenvalue weighted by Gasteiger charge is 2.46. The fourth-order valence-corrected chi connectivity index (χ4v) is 5.34. The molecule has 164 valence electrons. The Morgan fingerprint density at radius 3 is 2.81 bits per heavy atom. The summed E-state index contributed by atoms with van der Waals surface area (Å²) in [6, 6.07) is 7.40. The molecule has 3 heterocycles. The van der Waals surface area contributed by atoms with E-state index in [1.54, 1.807) is 12.3 Å². The highest BCUT2D eigenvalue weighted by molar-refractivity contribution is 5.88. The van der Waals surface area contributed by atoms with E-state index in [1.165, 1.54) is 6.07 Å². The van der Waals surface area contributed by atoms with Crippen molar-refractivity contribution in [2.75, 3.05) is 30.4 Å². The summed E-state index contributed by atoms with van der Waals surface area (Å²) in [5.74, 6) is 2.18. The molecular formula is C24H25FN6O. The number of anilines is 2. The van der Waals surface area contributed by atoms with E-state index in [0.29, 0.717) is 24.0 Å². The van der Waals surface area contributed by atoms with Crippen LogP contribution < -0.4 is 20.7 Å². The van der Waals surface area contributed by atoms with Crippen molar-refractivity contribution in [2.45, 2.75) is 25.8 Å². The highest BCUT2D eigenvalue weighted by atomic mass is 19.1. The highest BCUT2D eigenvalue weighted by Crippen LogP contribution is 2.48. The maximum absolute atomic E-state index is 14.5. The Morgan fingerprint density at radius 2 is 2.09 bits per heavy atom. The summed E-state index contributed by atoms with van der Waals surface area (Å²) < 4.78 is 20.5. The Bertz CT molecular complexity index is 1210. The molecule has 2 aliphatic carbocycles. The summed E-state index contributed by atoms with van der Waals surface area (Å²) in [5, 5.41) is 3.12. The lowest BCUT2D eigenvalue weighted by molar-refractivity contribution is 0.194. The standard InChI is InChI=1S/C24H25FN6O/c1-12-3-4-15(9-28-12)32-24-29-21-8-16-17(6-14(25)7-20(16)27-2)22(21)23(30-24)31-10-13-5-19(26)18(13)11-31/h3-4,6-7,9,13,18-19,27H,5,8,10-11,26H2,1-2H3/t13?,18?,19-/m0/s1. The van der Waals surface area contributed by atoms with E-state index in [-0.39, 0.29) is 17.9 Å². The molecule has 8 heteroatoms. The smallest absolute Gasteiger partial charge is 0.324 e. The Morgan fingerprint density at radius 1 is 1.22 bits per heavy atom. The molecule has 2 fully saturated rings. The van der Waals surface area contributed by atoms with Crippen molar-refractivity contribution >= 4 is 11.5 Å². The topological polar surface area (TPSA) is 89.2 Å². The van der Waals surface area contributed by atoms with Crippen LogP contribution in [0.15, 0.2) is 30.5 Å². The van der Waals surface area contributed by atoms with Crippen LogP contribution in [0.1, 0.15) is 23.4 Å². The zero-order chi connectivity index (χ0) is 22.0. The van der Waals surface area contributed by atoms with E-state index in [4.69, 9.17) is 20.4 Å². The van der Waals surface area contributed by atoms with E-state index in [0.717, 1.165) is 59.1 Å². The van der Waals surface area contributed by atoms with Crippen LogP contribution in [0.2, 0.25) is 0 Å². The molecule has 3 atom stereocenters. The van der Waals surface area contributed by atoms with Gasteiger partial charge in [-0.25, -0.2) is 4.39 Å². The van der Waals surface area contributed by atoms with Gasteiger partial charge < -0.3 is 20.7 Å². The second kappa shape index (κ2) is 7.13. The number of aryl methyl sites for hydroxylation is 1. The number of hydrogen-bond acceptors (Lipinski definition) is 7. The van der Waals surface area contributed by atoms with Crippen molar-refractivity contribution in [1.29, 1.82) is 0 Å². The minimum absolute atomic E-state index is 0.245. The molecule has 1 aliphatic heterocycles. The first kappa shape index (κ1) is 19.4. The zero-order valence-electron chi connectivity index (χ0n) is 18.1. The van der Waals surface area contributed by atoms with Crippen LogP contribution in [0.5, 0.6) is 11.8 Å². The summed E-state index contributed by atoms with van der Waals surface area (Å²) in [4.78, 5) is 16.1. The lowest BCUT2D eigenvalue weighted by Gasteiger charge is -2.36. The number of ether oxygens (including phenoxy) is 1. The molecule has 6 rings (SSSR count). The number of pyridine rings is 1. The van der Waals surface area contributed by atoms with Crippen LogP contribution in [0.25, 0.3) is 11.1 Å². The van der Waals surface area contributed by atoms with Gasteiger partial charge in [0.2, 0.25) is 0 Å². The van der Waals surface area contributed by atoms with Crippen LogP contribution >= 0.6 is 0 Å². The van der Waals surface area contributed by atoms with E-state index < -0.39 is 0 Å². The molecule has 3 aliphatic rings. The lowest BCUT2D eigenvalue weighted by Crippen LogP contribution is -2.46. The molecule has 0 spiro atoms. The molecule has 0 radical (unpaired) electrons. The van der Waals surface area contributed by atoms with E-state index in [1.807, 2.05) is 26.1 Å². The third-order valence-electron chi connectivity index (χ3n) is 7.05. The summed E-state index contributed by atoms with van der Waals surface area (Å²) in [6.07, 6.45) is 3.31. The van der Waals surface area contributed by atoms with Crippen molar-refractivity contribution in [2.24, 2.45) is 17.6 Å². The molecule has 3 N–H and O–H groups in total. The third-order valence-corrected chi connectivity index (χ3v) is 7.05. The Balaban J connectivity index is 1.46. The number of halogens is 1. The molecule has 1 saturated carbocycles. The summed E-state index contributed by atoms with van der Waals surface area (Å²) in [6.45, 7) is 3.68. The maximum Gasteiger partial charge on any atom is 0.324 e. The van der Waals surface area contributed by atoms with Crippen molar-refractivity contribution in [1.82, 2.24) is 15.0 Å². The molecule has 0 bridgehead atoms. The number of rotatable bonds is 4. The van der Waals surface area contributed by atoms with Crippen LogP contribution in [0.3, 0.4) is 0 Å². The van der Waals surface area contributed by atoms with Gasteiger partial charge in [0, 0.05) is 49.5 Å². The van der Waals surface area contributed by atoms with Crippen molar-refractivity contribution < 1.29 is 9.13 Å². The van der Waals surface area contributed by atoms with Gasteiger partial charge in [0.05, 0.1) is 11.9 Å². The fourth-order valence-electron chi connectivity index (χ4n) is 5.34. The molecule has 2 unspecified atom stereocenters. The van der Waals surface area contributed by atoms with Gasteiger partial charge in [0.15, 0.2) is 0 Å². The number of benzene rings is 1. The van der Waals surface area contributed by atoms with Gasteiger partial charge in [-0.15, -0.1) is 0 Å². The number of nitrogens with two attached hydrogens (primary N) is 1. The Kier molecular flexibility index (Phi) is 4.33. The van der Waals surface area contributed by atoms with Gasteiger partial charge in [-0.2, -0.15) is 9.97 Å². The zero-order valence-corrected chi connectivity index (χ0v) is 18.1. The molecule has 32 heavy (non-hydrogen) atoms. The largest absolute Gasteiger partial charge is 0.423 e. The van der Waals surface area contributed by atoms with Gasteiger partial charge in [-0.05, 0) is 60.6 Å². The predicted molar refractivity (Wildman–Crippen MR) is 121 cm³/mol. The van der Waals surface area contributed by atoms with Crippen molar-refractivity contribution in [3.63, 3.8) is 0 Å². The van der Waals surface area contributed by atoms with Crippen molar-refractivity contribution in [3.8, 4) is 22.9 Å². The summed E-state index contributed by atoms with van der Waals surface area (Å²) >= 11 is 0. The van der Waals surface area contributed by atoms with Gasteiger partial charge in [0.1, 0.15) is 17.4 Å². The van der Waals surface area contributed by atoms with E-state index >= 15 is 0 Å². The van der Waals surface area contributed by atoms with Crippen LogP contribution in [0, 0.1) is 24.6 Å². The van der Waals surface area contributed by atoms with Crippen LogP contribution in [-0.4, -0.2) is 41.1 Å². The molecule has 7 nitrogen and oxygen atoms in total. The number of nitrogens with one attached hydrogen (secondary N) is 1. The summed E-state index contributed by atoms with van der Waals surface area (Å²) in [5.41, 5.74) is 11.6. The first-order valence-electron chi connectivity index (χ1n) is 11.0. The minimum atomic E-state index is -0.276. The number of nitrogens with zero attached hydrogens (tertiary/aromatic N) is 4. The monoisotopic (exact) mass is 432 g/mol. The van der Waals surface area contributed by atoms with E-state index in [9.17, 15) is 4.39 Å². The average Bonchev–Trinajstić information content (AvgIpc) is 3.31. The second-order valence-electron chi connectivity index (χ2n) is 9.02. The Labute approximate surface area is 185 Å². The van der Waals surface area contributed by atoms with Crippen LogP contribution in [0.4, 0.5) is 15.9 Å². The normalized spacial score (nSPS) is 22.8. The minimum Gasteiger partial charge on any atom is -0.423 e. The second-order valence-corrected chi connectivity index (χ2v) is 9.02. The van der Waals surface area contributed by atoms with Gasteiger partial charge >= 0.3 is 6.01 Å². The first-order chi connectivity index (χ1) is 15.5. The molecule has 0 amide bonds. The lowest BCUT2D eigenvalue weighted by atomic mass is 9.72. The van der Waals surface area contributed by atoms with E-state index in [2.05, 4.69) is 15.2 Å². The number of hydrogen-bond donors (Lipinski definition) is 2. The Hall–Kier alpha value is -3.26. The molecule has 2 aromatic heterocycles. The first-order valence-corrected chi connectivity index (χ1v) is 11.0. The molecule has 1 aromatic carbocycles. The van der Waals surface area contributed by atoms with Crippen molar-refractivity contribution in [3.05, 3.63) is 53.2 Å². The SMILES string of the molecule is CNc1cc(F)cc2c1Cc1nc(Oc3ccc(C)nc3)nc(N3CC4C[C@H](N)C4C3)c1-2. The molecular weight excluding hydrogens is 407 g/mol. The van der Waals surface area contributed by atoms with Gasteiger partial charge in [-0.3, -0.25) is 4.98 Å². The van der Waals surface area contributed by atoms with Crippen LogP contribution in [-0.2, 0) is 6.42 Å².